The van der Waals surface area contributed by atoms with Gasteiger partial charge in [-0.3, -0.25) is 9.59 Å². The van der Waals surface area contributed by atoms with Crippen LogP contribution in [-0.2, 0) is 27.3 Å². The molecule has 0 spiro atoms. The molecule has 1 fully saturated rings. The molecule has 2 amide bonds. The lowest BCUT2D eigenvalue weighted by atomic mass is 10.2. The number of aromatic nitrogens is 2. The number of halogens is 1. The molecular weight excluding hydrogens is 387 g/mol. The van der Waals surface area contributed by atoms with Crippen molar-refractivity contribution >= 4 is 28.5 Å². The Morgan fingerprint density at radius 1 is 1.20 bits per heavy atom. The van der Waals surface area contributed by atoms with Crippen LogP contribution in [0.15, 0.2) is 48.5 Å². The molecule has 30 heavy (non-hydrogen) atoms. The molecule has 0 bridgehead atoms. The van der Waals surface area contributed by atoms with Crippen molar-refractivity contribution in [3.05, 3.63) is 60.2 Å². The summed E-state index contributed by atoms with van der Waals surface area (Å²) in [5, 5.41) is 5.60. The summed E-state index contributed by atoms with van der Waals surface area (Å²) in [6.45, 7) is 1.05. The number of carbonyl (C=O) groups is 2. The number of ether oxygens (including phenoxy) is 1. The number of rotatable bonds is 7. The van der Waals surface area contributed by atoms with Gasteiger partial charge in [0.2, 0.25) is 11.8 Å². The Hall–Kier alpha value is -3.26. The molecule has 1 unspecified atom stereocenters. The normalized spacial score (nSPS) is 16.0. The predicted molar refractivity (Wildman–Crippen MR) is 110 cm³/mol. The van der Waals surface area contributed by atoms with E-state index in [-0.39, 0.29) is 24.5 Å². The van der Waals surface area contributed by atoms with Crippen molar-refractivity contribution in [2.75, 3.05) is 18.5 Å². The van der Waals surface area contributed by atoms with Crippen molar-refractivity contribution in [3.63, 3.8) is 0 Å². The van der Waals surface area contributed by atoms with E-state index >= 15 is 0 Å². The van der Waals surface area contributed by atoms with Crippen LogP contribution >= 0.6 is 0 Å². The monoisotopic (exact) mass is 410 g/mol. The Balaban J connectivity index is 1.45. The number of fused-ring (bicyclic) bond motifs is 1. The summed E-state index contributed by atoms with van der Waals surface area (Å²) in [7, 11) is 0. The minimum Gasteiger partial charge on any atom is -0.368 e. The average Bonchev–Trinajstić information content (AvgIpc) is 3.37. The highest BCUT2D eigenvalue weighted by Crippen LogP contribution is 2.17. The second kappa shape index (κ2) is 9.04. The number of hydrogen-bond donors (Lipinski definition) is 2. The number of amides is 2. The highest BCUT2D eigenvalue weighted by atomic mass is 19.1. The third kappa shape index (κ3) is 4.65. The third-order valence-electron chi connectivity index (χ3n) is 5.01. The first-order valence-electron chi connectivity index (χ1n) is 9.99. The van der Waals surface area contributed by atoms with E-state index in [1.165, 1.54) is 12.1 Å². The van der Waals surface area contributed by atoms with Crippen LogP contribution in [0, 0.1) is 5.82 Å². The number of nitrogens with zero attached hydrogens (tertiary/aromatic N) is 2. The first-order chi connectivity index (χ1) is 14.6. The molecule has 1 saturated heterocycles. The van der Waals surface area contributed by atoms with E-state index in [2.05, 4.69) is 15.6 Å². The molecule has 0 radical (unpaired) electrons. The summed E-state index contributed by atoms with van der Waals surface area (Å²) in [6, 6.07) is 13.3. The van der Waals surface area contributed by atoms with E-state index in [0.717, 1.165) is 23.9 Å². The largest absolute Gasteiger partial charge is 0.368 e. The summed E-state index contributed by atoms with van der Waals surface area (Å²) in [5.41, 5.74) is 2.00. The van der Waals surface area contributed by atoms with Gasteiger partial charge in [0, 0.05) is 25.3 Å². The van der Waals surface area contributed by atoms with Crippen LogP contribution in [0.4, 0.5) is 10.1 Å². The topological polar surface area (TPSA) is 85.2 Å². The summed E-state index contributed by atoms with van der Waals surface area (Å²) >= 11 is 0. The molecule has 3 aromatic rings. The molecule has 4 rings (SSSR count). The lowest BCUT2D eigenvalue weighted by Gasteiger charge is -2.12. The Bertz CT molecular complexity index is 1060. The van der Waals surface area contributed by atoms with Crippen LogP contribution < -0.4 is 10.6 Å². The van der Waals surface area contributed by atoms with Crippen LogP contribution in [0.3, 0.4) is 0 Å². The lowest BCUT2D eigenvalue weighted by molar-refractivity contribution is -0.130. The van der Waals surface area contributed by atoms with Gasteiger partial charge in [0.25, 0.3) is 0 Å². The Labute approximate surface area is 173 Å². The van der Waals surface area contributed by atoms with E-state index < -0.39 is 5.82 Å². The number of imidazole rings is 1. The molecule has 2 aromatic carbocycles. The van der Waals surface area contributed by atoms with Crippen molar-refractivity contribution < 1.29 is 18.7 Å². The summed E-state index contributed by atoms with van der Waals surface area (Å²) in [4.78, 5) is 29.3. The van der Waals surface area contributed by atoms with Gasteiger partial charge in [-0.1, -0.05) is 18.2 Å². The molecule has 1 aromatic heterocycles. The molecule has 1 atom stereocenters. The van der Waals surface area contributed by atoms with Crippen molar-refractivity contribution in [1.82, 2.24) is 14.9 Å². The molecule has 7 nitrogen and oxygen atoms in total. The van der Waals surface area contributed by atoms with Crippen LogP contribution in [0.1, 0.15) is 18.7 Å². The van der Waals surface area contributed by atoms with E-state index in [1.54, 1.807) is 12.1 Å². The van der Waals surface area contributed by atoms with Crippen LogP contribution in [0.2, 0.25) is 0 Å². The zero-order valence-corrected chi connectivity index (χ0v) is 16.4. The van der Waals surface area contributed by atoms with Gasteiger partial charge in [-0.15, -0.1) is 0 Å². The fourth-order valence-electron chi connectivity index (χ4n) is 3.60. The quantitative estimate of drug-likeness (QED) is 0.627. The maximum atomic E-state index is 13.4. The Morgan fingerprint density at radius 2 is 2.07 bits per heavy atom. The van der Waals surface area contributed by atoms with Gasteiger partial charge in [0.05, 0.1) is 11.0 Å². The number of nitrogens with one attached hydrogen (secondary N) is 2. The van der Waals surface area contributed by atoms with Crippen molar-refractivity contribution in [2.24, 2.45) is 0 Å². The Kier molecular flexibility index (Phi) is 6.04. The minimum atomic E-state index is -0.413. The van der Waals surface area contributed by atoms with E-state index in [0.29, 0.717) is 31.1 Å². The molecule has 8 heteroatoms. The zero-order valence-electron chi connectivity index (χ0n) is 16.4. The van der Waals surface area contributed by atoms with Crippen molar-refractivity contribution in [3.8, 4) is 0 Å². The predicted octanol–water partition coefficient (Wildman–Crippen LogP) is 2.65. The second-order valence-corrected chi connectivity index (χ2v) is 7.20. The molecule has 2 heterocycles. The Morgan fingerprint density at radius 3 is 2.87 bits per heavy atom. The van der Waals surface area contributed by atoms with Gasteiger partial charge in [-0.2, -0.15) is 0 Å². The minimum absolute atomic E-state index is 0.0338. The van der Waals surface area contributed by atoms with Crippen LogP contribution in [0.25, 0.3) is 11.0 Å². The van der Waals surface area contributed by atoms with Gasteiger partial charge in [0.15, 0.2) is 0 Å². The standard InChI is InChI=1S/C22H23FN4O3/c23-15-5-3-6-16(13-15)25-21(28)14-27-18-8-2-1-7-17(18)26-20(27)10-11-24-22(29)19-9-4-12-30-19/h1-3,5-8,13,19H,4,9-12,14H2,(H,24,29)(H,25,28). The van der Waals surface area contributed by atoms with E-state index in [9.17, 15) is 14.0 Å². The zero-order chi connectivity index (χ0) is 20.9. The van der Waals surface area contributed by atoms with Crippen LogP contribution in [-0.4, -0.2) is 40.6 Å². The number of hydrogen-bond acceptors (Lipinski definition) is 4. The van der Waals surface area contributed by atoms with E-state index in [1.807, 2.05) is 28.8 Å². The highest BCUT2D eigenvalue weighted by Gasteiger charge is 2.23. The van der Waals surface area contributed by atoms with Crippen molar-refractivity contribution in [1.29, 1.82) is 0 Å². The molecule has 1 aliphatic rings. The lowest BCUT2D eigenvalue weighted by Crippen LogP contribution is -2.35. The highest BCUT2D eigenvalue weighted by molar-refractivity contribution is 5.91. The van der Waals surface area contributed by atoms with Gasteiger partial charge in [-0.25, -0.2) is 9.37 Å². The van der Waals surface area contributed by atoms with Crippen molar-refractivity contribution in [2.45, 2.75) is 31.9 Å². The number of para-hydroxylation sites is 2. The molecule has 2 N–H and O–H groups in total. The van der Waals surface area contributed by atoms with Gasteiger partial charge >= 0.3 is 0 Å². The third-order valence-corrected chi connectivity index (χ3v) is 5.01. The summed E-state index contributed by atoms with van der Waals surface area (Å²) < 4.78 is 20.6. The number of carbonyl (C=O) groups excluding carboxylic acids is 2. The maximum Gasteiger partial charge on any atom is 0.249 e. The summed E-state index contributed by atoms with van der Waals surface area (Å²) in [5.74, 6) is -0.116. The van der Waals surface area contributed by atoms with Gasteiger partial charge < -0.3 is 19.9 Å². The molecule has 0 aliphatic carbocycles. The number of anilines is 1. The molecule has 156 valence electrons. The SMILES string of the molecule is O=C(Cn1c(CCNC(=O)C2CCCO2)nc2ccccc21)Nc1cccc(F)c1. The fourth-order valence-corrected chi connectivity index (χ4v) is 3.60. The van der Waals surface area contributed by atoms with E-state index in [4.69, 9.17) is 4.74 Å². The first-order valence-corrected chi connectivity index (χ1v) is 9.99. The van der Waals surface area contributed by atoms with Crippen LogP contribution in [0.5, 0.6) is 0 Å². The first kappa shape index (κ1) is 20.0. The smallest absolute Gasteiger partial charge is 0.249 e. The average molecular weight is 410 g/mol. The number of benzene rings is 2. The fraction of sp³-hybridized carbons (Fsp3) is 0.318. The molecule has 1 aliphatic heterocycles. The molecule has 0 saturated carbocycles. The van der Waals surface area contributed by atoms with Gasteiger partial charge in [-0.05, 0) is 43.2 Å². The molecular formula is C22H23FN4O3. The van der Waals surface area contributed by atoms with Gasteiger partial charge in [0.1, 0.15) is 24.3 Å². The maximum absolute atomic E-state index is 13.4. The summed E-state index contributed by atoms with van der Waals surface area (Å²) in [6.07, 6.45) is 1.74. The second-order valence-electron chi connectivity index (χ2n) is 7.20.